The zero-order valence-corrected chi connectivity index (χ0v) is 14.8. The zero-order valence-electron chi connectivity index (χ0n) is 14.0. The van der Waals surface area contributed by atoms with Crippen molar-refractivity contribution in [3.63, 3.8) is 0 Å². The van der Waals surface area contributed by atoms with Gasteiger partial charge in [0.1, 0.15) is 0 Å². The minimum absolute atomic E-state index is 0.564. The molecule has 2 rings (SSSR count). The molecule has 0 saturated heterocycles. The first-order chi connectivity index (χ1) is 11.1. The first kappa shape index (κ1) is 17.2. The maximum absolute atomic E-state index is 5.13. The second-order valence-electron chi connectivity index (χ2n) is 5.00. The molecular weight excluding hydrogens is 310 g/mol. The molecule has 0 saturated carbocycles. The first-order valence-electron chi connectivity index (χ1n) is 7.56. The maximum Gasteiger partial charge on any atom is 0.213 e. The molecular formula is C16H23N5OS. The molecule has 0 fully saturated rings. The van der Waals surface area contributed by atoms with Crippen molar-refractivity contribution in [2.75, 3.05) is 13.7 Å². The number of nitrogens with zero attached hydrogens (tertiary/aromatic N) is 3. The average Bonchev–Trinajstić information content (AvgIpc) is 2.88. The van der Waals surface area contributed by atoms with Gasteiger partial charge in [0.2, 0.25) is 5.88 Å². The zero-order chi connectivity index (χ0) is 16.7. The van der Waals surface area contributed by atoms with Crippen molar-refractivity contribution in [1.29, 1.82) is 0 Å². The summed E-state index contributed by atoms with van der Waals surface area (Å²) in [6.45, 7) is 8.21. The van der Waals surface area contributed by atoms with Crippen LogP contribution in [0.15, 0.2) is 23.3 Å². The fourth-order valence-corrected chi connectivity index (χ4v) is 2.95. The third kappa shape index (κ3) is 5.21. The average molecular weight is 333 g/mol. The van der Waals surface area contributed by atoms with Gasteiger partial charge < -0.3 is 15.4 Å². The van der Waals surface area contributed by atoms with Crippen LogP contribution in [-0.4, -0.2) is 29.6 Å². The molecule has 23 heavy (non-hydrogen) atoms. The lowest BCUT2D eigenvalue weighted by atomic mass is 10.3. The van der Waals surface area contributed by atoms with E-state index in [1.807, 2.05) is 26.0 Å². The molecule has 0 spiro atoms. The van der Waals surface area contributed by atoms with E-state index >= 15 is 0 Å². The van der Waals surface area contributed by atoms with Crippen molar-refractivity contribution < 1.29 is 4.74 Å². The summed E-state index contributed by atoms with van der Waals surface area (Å²) in [5, 5.41) is 7.69. The van der Waals surface area contributed by atoms with Crippen LogP contribution in [0, 0.1) is 13.8 Å². The van der Waals surface area contributed by atoms with Gasteiger partial charge in [0.05, 0.1) is 30.9 Å². The number of guanidine groups is 1. The van der Waals surface area contributed by atoms with Gasteiger partial charge in [-0.15, -0.1) is 11.3 Å². The topological polar surface area (TPSA) is 71.4 Å². The molecule has 0 aliphatic carbocycles. The van der Waals surface area contributed by atoms with E-state index in [4.69, 9.17) is 4.74 Å². The fraction of sp³-hybridized carbons (Fsp3) is 0.438. The summed E-state index contributed by atoms with van der Waals surface area (Å²) in [4.78, 5) is 14.4. The fourth-order valence-electron chi connectivity index (χ4n) is 2.07. The largest absolute Gasteiger partial charge is 0.481 e. The normalized spacial score (nSPS) is 11.4. The van der Waals surface area contributed by atoms with Crippen LogP contribution >= 0.6 is 11.3 Å². The Morgan fingerprint density at radius 1 is 1.35 bits per heavy atom. The maximum atomic E-state index is 5.13. The van der Waals surface area contributed by atoms with E-state index in [0.717, 1.165) is 35.3 Å². The van der Waals surface area contributed by atoms with Gasteiger partial charge in [-0.3, -0.25) is 0 Å². The van der Waals surface area contributed by atoms with Crippen molar-refractivity contribution in [3.8, 4) is 5.88 Å². The highest BCUT2D eigenvalue weighted by Gasteiger charge is 2.06. The van der Waals surface area contributed by atoms with Gasteiger partial charge in [0.25, 0.3) is 0 Å². The Bertz CT molecular complexity index is 668. The summed E-state index contributed by atoms with van der Waals surface area (Å²) in [6.07, 6.45) is 1.73. The monoisotopic (exact) mass is 333 g/mol. The molecule has 2 N–H and O–H groups in total. The lowest BCUT2D eigenvalue weighted by Gasteiger charge is -2.11. The van der Waals surface area contributed by atoms with Crippen LogP contribution in [0.3, 0.4) is 0 Å². The number of aryl methyl sites for hydroxylation is 2. The number of aliphatic imine (C=N–C) groups is 1. The SMILES string of the molecule is CCNC(=NCc1ccnc(OC)c1)NCc1sc(C)nc1C. The number of rotatable bonds is 6. The molecule has 0 atom stereocenters. The van der Waals surface area contributed by atoms with E-state index in [0.29, 0.717) is 12.4 Å². The minimum atomic E-state index is 0.564. The van der Waals surface area contributed by atoms with Crippen LogP contribution in [0.2, 0.25) is 0 Å². The lowest BCUT2D eigenvalue weighted by Crippen LogP contribution is -2.36. The number of aromatic nitrogens is 2. The highest BCUT2D eigenvalue weighted by Crippen LogP contribution is 2.16. The predicted molar refractivity (Wildman–Crippen MR) is 94.0 cm³/mol. The Balaban J connectivity index is 2.00. The molecule has 7 heteroatoms. The van der Waals surface area contributed by atoms with E-state index in [2.05, 4.69) is 32.5 Å². The van der Waals surface area contributed by atoms with Gasteiger partial charge in [-0.05, 0) is 32.4 Å². The van der Waals surface area contributed by atoms with E-state index in [9.17, 15) is 0 Å². The molecule has 0 amide bonds. The number of ether oxygens (including phenoxy) is 1. The van der Waals surface area contributed by atoms with Gasteiger partial charge in [-0.25, -0.2) is 15.0 Å². The van der Waals surface area contributed by atoms with Gasteiger partial charge in [-0.2, -0.15) is 0 Å². The molecule has 0 aliphatic heterocycles. The van der Waals surface area contributed by atoms with Crippen molar-refractivity contribution in [3.05, 3.63) is 39.5 Å². The molecule has 124 valence electrons. The molecule has 0 unspecified atom stereocenters. The van der Waals surface area contributed by atoms with Crippen LogP contribution in [0.5, 0.6) is 5.88 Å². The minimum Gasteiger partial charge on any atom is -0.481 e. The smallest absolute Gasteiger partial charge is 0.213 e. The molecule has 0 radical (unpaired) electrons. The van der Waals surface area contributed by atoms with Crippen LogP contribution in [-0.2, 0) is 13.1 Å². The standard InChI is InChI=1S/C16H23N5OS/c1-5-17-16(20-10-14-11(2)21-12(3)23-14)19-9-13-6-7-18-15(8-13)22-4/h6-8H,5,9-10H2,1-4H3,(H2,17,19,20). The summed E-state index contributed by atoms with van der Waals surface area (Å²) in [6, 6.07) is 3.83. The first-order valence-corrected chi connectivity index (χ1v) is 8.38. The van der Waals surface area contributed by atoms with Crippen molar-refractivity contribution >= 4 is 17.3 Å². The third-order valence-electron chi connectivity index (χ3n) is 3.19. The molecule has 0 bridgehead atoms. The van der Waals surface area contributed by atoms with E-state index in [1.165, 1.54) is 4.88 Å². The van der Waals surface area contributed by atoms with Crippen molar-refractivity contribution in [2.45, 2.75) is 33.9 Å². The van der Waals surface area contributed by atoms with Gasteiger partial charge in [0.15, 0.2) is 5.96 Å². The van der Waals surface area contributed by atoms with Crippen molar-refractivity contribution in [1.82, 2.24) is 20.6 Å². The van der Waals surface area contributed by atoms with Gasteiger partial charge >= 0.3 is 0 Å². The van der Waals surface area contributed by atoms with E-state index in [1.54, 1.807) is 24.6 Å². The number of methoxy groups -OCH3 is 1. The molecule has 6 nitrogen and oxygen atoms in total. The Labute approximate surface area is 141 Å². The second-order valence-corrected chi connectivity index (χ2v) is 6.28. The molecule has 2 heterocycles. The van der Waals surface area contributed by atoms with Gasteiger partial charge in [0, 0.05) is 23.7 Å². The van der Waals surface area contributed by atoms with Crippen LogP contribution in [0.1, 0.15) is 28.1 Å². The summed E-state index contributed by atoms with van der Waals surface area (Å²) >= 11 is 1.71. The van der Waals surface area contributed by atoms with Crippen molar-refractivity contribution in [2.24, 2.45) is 4.99 Å². The number of pyridine rings is 1. The highest BCUT2D eigenvalue weighted by atomic mass is 32.1. The summed E-state index contributed by atoms with van der Waals surface area (Å²) in [5.74, 6) is 1.39. The Hall–Kier alpha value is -2.15. The Morgan fingerprint density at radius 3 is 2.83 bits per heavy atom. The Kier molecular flexibility index (Phi) is 6.34. The number of hydrogen-bond acceptors (Lipinski definition) is 5. The van der Waals surface area contributed by atoms with Crippen LogP contribution in [0.25, 0.3) is 0 Å². The highest BCUT2D eigenvalue weighted by molar-refractivity contribution is 7.11. The lowest BCUT2D eigenvalue weighted by molar-refractivity contribution is 0.397. The molecule has 2 aromatic rings. The number of hydrogen-bond donors (Lipinski definition) is 2. The van der Waals surface area contributed by atoms with Crippen LogP contribution in [0.4, 0.5) is 0 Å². The summed E-state index contributed by atoms with van der Waals surface area (Å²) in [7, 11) is 1.61. The molecule has 0 aromatic carbocycles. The second kappa shape index (κ2) is 8.47. The molecule has 2 aromatic heterocycles. The number of thiazole rings is 1. The quantitative estimate of drug-likeness (QED) is 0.627. The third-order valence-corrected chi connectivity index (χ3v) is 4.26. The van der Waals surface area contributed by atoms with E-state index in [-0.39, 0.29) is 0 Å². The number of nitrogens with one attached hydrogen (secondary N) is 2. The summed E-state index contributed by atoms with van der Waals surface area (Å²) in [5.41, 5.74) is 2.13. The molecule has 0 aliphatic rings. The summed E-state index contributed by atoms with van der Waals surface area (Å²) < 4.78 is 5.13. The Morgan fingerprint density at radius 2 is 2.17 bits per heavy atom. The predicted octanol–water partition coefficient (Wildman–Crippen LogP) is 2.42. The van der Waals surface area contributed by atoms with E-state index < -0.39 is 0 Å². The van der Waals surface area contributed by atoms with Crippen LogP contribution < -0.4 is 15.4 Å². The van der Waals surface area contributed by atoms with Gasteiger partial charge in [-0.1, -0.05) is 0 Å².